The van der Waals surface area contributed by atoms with Gasteiger partial charge >= 0.3 is 0 Å². The molecule has 0 saturated carbocycles. The molecule has 1 aromatic carbocycles. The van der Waals surface area contributed by atoms with E-state index in [0.29, 0.717) is 16.1 Å². The van der Waals surface area contributed by atoms with E-state index in [1.165, 1.54) is 11.3 Å². The average Bonchev–Trinajstić information content (AvgIpc) is 2.79. The lowest BCUT2D eigenvalue weighted by Crippen LogP contribution is -2.11. The molecule has 0 radical (unpaired) electrons. The summed E-state index contributed by atoms with van der Waals surface area (Å²) in [7, 11) is 0. The number of nitrogens with one attached hydrogen (secondary N) is 1. The van der Waals surface area contributed by atoms with Crippen LogP contribution in [-0.4, -0.2) is 5.91 Å². The number of rotatable bonds is 2. The standard InChI is InChI=1S/C14H12N2OS/c1-9-3-5-11(8-15)7-12(9)16-14(17)13-6-4-10(2)18-13/h3-7H,1-2H3,(H,16,17). The van der Waals surface area contributed by atoms with E-state index in [4.69, 9.17) is 5.26 Å². The molecule has 0 aliphatic rings. The van der Waals surface area contributed by atoms with Gasteiger partial charge < -0.3 is 5.32 Å². The number of amides is 1. The molecular formula is C14H12N2OS. The highest BCUT2D eigenvalue weighted by molar-refractivity contribution is 7.14. The van der Waals surface area contributed by atoms with Crippen LogP contribution < -0.4 is 5.32 Å². The van der Waals surface area contributed by atoms with Crippen molar-refractivity contribution in [2.75, 3.05) is 5.32 Å². The van der Waals surface area contributed by atoms with E-state index >= 15 is 0 Å². The SMILES string of the molecule is Cc1ccc(C(=O)Nc2cc(C#N)ccc2C)s1. The first kappa shape index (κ1) is 12.3. The van der Waals surface area contributed by atoms with Crippen molar-refractivity contribution in [3.63, 3.8) is 0 Å². The second-order valence-electron chi connectivity index (χ2n) is 4.01. The highest BCUT2D eigenvalue weighted by Gasteiger charge is 2.10. The van der Waals surface area contributed by atoms with Crippen molar-refractivity contribution in [3.8, 4) is 6.07 Å². The van der Waals surface area contributed by atoms with Gasteiger partial charge in [-0.2, -0.15) is 5.26 Å². The lowest BCUT2D eigenvalue weighted by molar-refractivity contribution is 0.103. The summed E-state index contributed by atoms with van der Waals surface area (Å²) in [6.07, 6.45) is 0. The fourth-order valence-corrected chi connectivity index (χ4v) is 2.33. The van der Waals surface area contributed by atoms with Crippen LogP contribution in [0.2, 0.25) is 0 Å². The number of hydrogen-bond acceptors (Lipinski definition) is 3. The third-order valence-electron chi connectivity index (χ3n) is 2.58. The molecule has 3 nitrogen and oxygen atoms in total. The molecule has 1 amide bonds. The molecule has 4 heteroatoms. The summed E-state index contributed by atoms with van der Waals surface area (Å²) in [5.41, 5.74) is 2.17. The number of thiophene rings is 1. The van der Waals surface area contributed by atoms with Crippen molar-refractivity contribution in [1.82, 2.24) is 0 Å². The highest BCUT2D eigenvalue weighted by atomic mass is 32.1. The van der Waals surface area contributed by atoms with Gasteiger partial charge in [-0.25, -0.2) is 0 Å². The summed E-state index contributed by atoms with van der Waals surface area (Å²) in [6.45, 7) is 3.86. The van der Waals surface area contributed by atoms with E-state index in [-0.39, 0.29) is 5.91 Å². The van der Waals surface area contributed by atoms with Crippen molar-refractivity contribution >= 4 is 22.9 Å². The smallest absolute Gasteiger partial charge is 0.265 e. The summed E-state index contributed by atoms with van der Waals surface area (Å²) in [4.78, 5) is 13.8. The molecule has 0 unspecified atom stereocenters. The summed E-state index contributed by atoms with van der Waals surface area (Å²) in [5, 5.41) is 11.7. The monoisotopic (exact) mass is 256 g/mol. The fourth-order valence-electron chi connectivity index (χ4n) is 1.57. The molecule has 1 aromatic heterocycles. The molecule has 0 bridgehead atoms. The molecule has 0 aliphatic carbocycles. The number of anilines is 1. The third kappa shape index (κ3) is 2.58. The normalized spacial score (nSPS) is 9.83. The number of nitriles is 1. The van der Waals surface area contributed by atoms with Crippen LogP contribution in [0.15, 0.2) is 30.3 Å². The Morgan fingerprint density at radius 2 is 2.06 bits per heavy atom. The molecule has 18 heavy (non-hydrogen) atoms. The maximum atomic E-state index is 12.0. The summed E-state index contributed by atoms with van der Waals surface area (Å²) >= 11 is 1.45. The Bertz CT molecular complexity index is 637. The minimum atomic E-state index is -0.133. The average molecular weight is 256 g/mol. The summed E-state index contributed by atoms with van der Waals surface area (Å²) < 4.78 is 0. The minimum Gasteiger partial charge on any atom is -0.321 e. The zero-order valence-corrected chi connectivity index (χ0v) is 11.0. The fraction of sp³-hybridized carbons (Fsp3) is 0.143. The van der Waals surface area contributed by atoms with Gasteiger partial charge in [0.25, 0.3) is 5.91 Å². The quantitative estimate of drug-likeness (QED) is 0.894. The van der Waals surface area contributed by atoms with Gasteiger partial charge in [0, 0.05) is 10.6 Å². The third-order valence-corrected chi connectivity index (χ3v) is 3.58. The molecule has 90 valence electrons. The molecule has 0 saturated heterocycles. The minimum absolute atomic E-state index is 0.133. The van der Waals surface area contributed by atoms with Gasteiger partial charge in [0.1, 0.15) is 0 Å². The van der Waals surface area contributed by atoms with E-state index in [2.05, 4.69) is 11.4 Å². The first-order chi connectivity index (χ1) is 8.60. The van der Waals surface area contributed by atoms with Gasteiger partial charge in [0.15, 0.2) is 0 Å². The molecule has 1 N–H and O–H groups in total. The van der Waals surface area contributed by atoms with Gasteiger partial charge in [0.2, 0.25) is 0 Å². The Balaban J connectivity index is 2.24. The van der Waals surface area contributed by atoms with Gasteiger partial charge in [-0.1, -0.05) is 6.07 Å². The number of hydrogen-bond donors (Lipinski definition) is 1. The van der Waals surface area contributed by atoms with Crippen molar-refractivity contribution in [2.45, 2.75) is 13.8 Å². The number of benzene rings is 1. The topological polar surface area (TPSA) is 52.9 Å². The molecule has 0 aliphatic heterocycles. The van der Waals surface area contributed by atoms with Crippen LogP contribution in [0.25, 0.3) is 0 Å². The van der Waals surface area contributed by atoms with E-state index < -0.39 is 0 Å². The predicted molar refractivity (Wildman–Crippen MR) is 72.9 cm³/mol. The van der Waals surface area contributed by atoms with Crippen molar-refractivity contribution in [3.05, 3.63) is 51.2 Å². The Labute approximate surface area is 110 Å². The van der Waals surface area contributed by atoms with Crippen molar-refractivity contribution in [2.24, 2.45) is 0 Å². The number of nitrogens with zero attached hydrogens (tertiary/aromatic N) is 1. The van der Waals surface area contributed by atoms with Crippen molar-refractivity contribution < 1.29 is 4.79 Å². The van der Waals surface area contributed by atoms with E-state index in [0.717, 1.165) is 10.4 Å². The van der Waals surface area contributed by atoms with E-state index in [9.17, 15) is 4.79 Å². The van der Waals surface area contributed by atoms with Gasteiger partial charge in [-0.15, -0.1) is 11.3 Å². The summed E-state index contributed by atoms with van der Waals surface area (Å²) in [6, 6.07) is 11.0. The zero-order valence-electron chi connectivity index (χ0n) is 10.2. The van der Waals surface area contributed by atoms with Crippen LogP contribution in [0.4, 0.5) is 5.69 Å². The lowest BCUT2D eigenvalue weighted by atomic mass is 10.1. The number of carbonyl (C=O) groups excluding carboxylic acids is 1. The van der Waals surface area contributed by atoms with Gasteiger partial charge in [-0.3, -0.25) is 4.79 Å². The molecule has 2 rings (SSSR count). The van der Waals surface area contributed by atoms with Crippen LogP contribution in [0.5, 0.6) is 0 Å². The number of aryl methyl sites for hydroxylation is 2. The maximum absolute atomic E-state index is 12.0. The molecule has 1 heterocycles. The van der Waals surface area contributed by atoms with E-state index in [1.807, 2.05) is 26.0 Å². The highest BCUT2D eigenvalue weighted by Crippen LogP contribution is 2.20. The molecular weight excluding hydrogens is 244 g/mol. The predicted octanol–water partition coefficient (Wildman–Crippen LogP) is 3.49. The van der Waals surface area contributed by atoms with Crippen LogP contribution in [-0.2, 0) is 0 Å². The second kappa shape index (κ2) is 5.03. The molecule has 0 fully saturated rings. The van der Waals surface area contributed by atoms with Crippen molar-refractivity contribution in [1.29, 1.82) is 5.26 Å². The first-order valence-corrected chi connectivity index (χ1v) is 6.30. The number of carbonyl (C=O) groups is 1. The Kier molecular flexibility index (Phi) is 3.45. The van der Waals surface area contributed by atoms with Gasteiger partial charge in [-0.05, 0) is 43.7 Å². The van der Waals surface area contributed by atoms with Crippen LogP contribution >= 0.6 is 11.3 Å². The van der Waals surface area contributed by atoms with Crippen LogP contribution in [0, 0.1) is 25.2 Å². The lowest BCUT2D eigenvalue weighted by Gasteiger charge is -2.07. The molecule has 0 spiro atoms. The van der Waals surface area contributed by atoms with E-state index in [1.54, 1.807) is 18.2 Å². The van der Waals surface area contributed by atoms with Crippen LogP contribution in [0.1, 0.15) is 25.7 Å². The molecule has 2 aromatic rings. The van der Waals surface area contributed by atoms with Gasteiger partial charge in [0.05, 0.1) is 16.5 Å². The second-order valence-corrected chi connectivity index (χ2v) is 5.29. The summed E-state index contributed by atoms with van der Waals surface area (Å²) in [5.74, 6) is -0.133. The Morgan fingerprint density at radius 1 is 1.28 bits per heavy atom. The van der Waals surface area contributed by atoms with Crippen LogP contribution in [0.3, 0.4) is 0 Å². The molecule has 0 atom stereocenters. The first-order valence-electron chi connectivity index (χ1n) is 5.48. The zero-order chi connectivity index (χ0) is 13.1. The Hall–Kier alpha value is -2.12. The Morgan fingerprint density at radius 3 is 2.67 bits per heavy atom. The largest absolute Gasteiger partial charge is 0.321 e. The maximum Gasteiger partial charge on any atom is 0.265 e.